The second-order valence-corrected chi connectivity index (χ2v) is 4.42. The first-order chi connectivity index (χ1) is 5.24. The Kier molecular flexibility index (Phi) is 1.71. The van der Waals surface area contributed by atoms with E-state index in [1.807, 2.05) is 0 Å². The minimum Gasteiger partial charge on any atom is -0.300 e. The largest absolute Gasteiger partial charge is 0.300 e. The lowest BCUT2D eigenvalue weighted by Gasteiger charge is -2.27. The van der Waals surface area contributed by atoms with Crippen LogP contribution in [-0.4, -0.2) is 24.0 Å². The van der Waals surface area contributed by atoms with Gasteiger partial charge in [-0.2, -0.15) is 0 Å². The van der Waals surface area contributed by atoms with E-state index < -0.39 is 0 Å². The van der Waals surface area contributed by atoms with Crippen LogP contribution < -0.4 is 0 Å². The number of hydrogen-bond acceptors (Lipinski definition) is 1. The third-order valence-corrected chi connectivity index (χ3v) is 3.78. The lowest BCUT2D eigenvalue weighted by Crippen LogP contribution is -2.33. The third kappa shape index (κ3) is 1.10. The average Bonchev–Trinajstić information content (AvgIpc) is 2.71. The van der Waals surface area contributed by atoms with Crippen LogP contribution in [0.25, 0.3) is 0 Å². The summed E-state index contributed by atoms with van der Waals surface area (Å²) in [6.45, 7) is 4.70. The Bertz CT molecular complexity index is 155. The number of rotatable bonds is 2. The van der Waals surface area contributed by atoms with Crippen LogP contribution >= 0.6 is 0 Å². The Morgan fingerprint density at radius 3 is 2.64 bits per heavy atom. The van der Waals surface area contributed by atoms with Gasteiger partial charge in [0.15, 0.2) is 0 Å². The molecule has 2 aliphatic rings. The predicted molar refractivity (Wildman–Crippen MR) is 47.5 cm³/mol. The number of piperidine rings is 1. The Balaban J connectivity index is 1.95. The van der Waals surface area contributed by atoms with Gasteiger partial charge >= 0.3 is 0 Å². The van der Waals surface area contributed by atoms with Crippen LogP contribution in [0.3, 0.4) is 0 Å². The van der Waals surface area contributed by atoms with Crippen LogP contribution in [0.2, 0.25) is 0 Å². The molecular formula is C10H19N. The van der Waals surface area contributed by atoms with E-state index in [4.69, 9.17) is 0 Å². The van der Waals surface area contributed by atoms with Gasteiger partial charge in [0, 0.05) is 12.1 Å². The molecule has 0 aromatic carbocycles. The maximum atomic E-state index is 2.62. The van der Waals surface area contributed by atoms with Crippen LogP contribution in [0.4, 0.5) is 0 Å². The second kappa shape index (κ2) is 2.48. The second-order valence-electron chi connectivity index (χ2n) is 4.42. The topological polar surface area (TPSA) is 3.24 Å². The number of hydrogen-bond donors (Lipinski definition) is 0. The van der Waals surface area contributed by atoms with Gasteiger partial charge in [-0.3, -0.25) is 4.90 Å². The quantitative estimate of drug-likeness (QED) is 0.587. The van der Waals surface area contributed by atoms with Crippen molar-refractivity contribution in [3.8, 4) is 0 Å². The van der Waals surface area contributed by atoms with Crippen molar-refractivity contribution in [2.24, 2.45) is 11.8 Å². The van der Waals surface area contributed by atoms with E-state index >= 15 is 0 Å². The summed E-state index contributed by atoms with van der Waals surface area (Å²) in [6.07, 6.45) is 4.31. The van der Waals surface area contributed by atoms with Crippen molar-refractivity contribution in [2.75, 3.05) is 7.05 Å². The zero-order chi connectivity index (χ0) is 8.01. The van der Waals surface area contributed by atoms with E-state index in [1.54, 1.807) is 0 Å². The fourth-order valence-corrected chi connectivity index (χ4v) is 2.61. The van der Waals surface area contributed by atoms with Gasteiger partial charge in [-0.25, -0.2) is 0 Å². The van der Waals surface area contributed by atoms with Crippen molar-refractivity contribution in [3.05, 3.63) is 0 Å². The molecule has 2 rings (SSSR count). The summed E-state index contributed by atoms with van der Waals surface area (Å²) in [5.74, 6) is 1.99. The van der Waals surface area contributed by atoms with Gasteiger partial charge in [0.1, 0.15) is 0 Å². The molecule has 0 aromatic rings. The third-order valence-electron chi connectivity index (χ3n) is 3.78. The Morgan fingerprint density at radius 1 is 1.45 bits per heavy atom. The van der Waals surface area contributed by atoms with Gasteiger partial charge in [-0.05, 0) is 31.7 Å². The lowest BCUT2D eigenvalue weighted by atomic mass is 9.96. The van der Waals surface area contributed by atoms with Crippen LogP contribution in [0.1, 0.15) is 33.1 Å². The molecule has 1 heterocycles. The van der Waals surface area contributed by atoms with Gasteiger partial charge in [-0.1, -0.05) is 20.3 Å². The molecule has 1 saturated heterocycles. The maximum Gasteiger partial charge on any atom is 0.0128 e. The molecule has 0 radical (unpaired) electrons. The van der Waals surface area contributed by atoms with E-state index in [1.165, 1.54) is 19.3 Å². The highest BCUT2D eigenvalue weighted by Gasteiger charge is 2.50. The fraction of sp³-hybridized carbons (Fsp3) is 1.00. The molecule has 0 amide bonds. The Labute approximate surface area is 69.8 Å². The van der Waals surface area contributed by atoms with E-state index in [-0.39, 0.29) is 0 Å². The smallest absolute Gasteiger partial charge is 0.0128 e. The summed E-state index contributed by atoms with van der Waals surface area (Å²) < 4.78 is 0. The molecule has 1 nitrogen and oxygen atoms in total. The molecule has 0 bridgehead atoms. The minimum absolute atomic E-state index is 0.906. The molecule has 0 spiro atoms. The molecular weight excluding hydrogens is 134 g/mol. The van der Waals surface area contributed by atoms with Crippen LogP contribution in [0.15, 0.2) is 0 Å². The summed E-state index contributed by atoms with van der Waals surface area (Å²) in [6, 6.07) is 1.89. The van der Waals surface area contributed by atoms with Gasteiger partial charge in [0.05, 0.1) is 0 Å². The fourth-order valence-electron chi connectivity index (χ4n) is 2.61. The molecule has 0 N–H and O–H groups in total. The Hall–Kier alpha value is -0.0400. The summed E-state index contributed by atoms with van der Waals surface area (Å²) in [5, 5.41) is 0. The molecule has 1 aliphatic carbocycles. The standard InChI is InChI=1S/C10H19N/c1-4-7(2)9-5-8-6-10(8)11(9)3/h7-10H,4-6H2,1-3H3. The van der Waals surface area contributed by atoms with E-state index in [2.05, 4.69) is 25.8 Å². The van der Waals surface area contributed by atoms with Crippen molar-refractivity contribution in [1.29, 1.82) is 0 Å². The minimum atomic E-state index is 0.906. The van der Waals surface area contributed by atoms with Gasteiger partial charge < -0.3 is 0 Å². The summed E-state index contributed by atoms with van der Waals surface area (Å²) in [7, 11) is 2.31. The van der Waals surface area contributed by atoms with Crippen molar-refractivity contribution in [2.45, 2.75) is 45.2 Å². The van der Waals surface area contributed by atoms with Crippen molar-refractivity contribution >= 4 is 0 Å². The molecule has 4 atom stereocenters. The average molecular weight is 153 g/mol. The first kappa shape index (κ1) is 7.60. The monoisotopic (exact) mass is 153 g/mol. The van der Waals surface area contributed by atoms with Crippen LogP contribution in [0, 0.1) is 11.8 Å². The molecule has 11 heavy (non-hydrogen) atoms. The van der Waals surface area contributed by atoms with Gasteiger partial charge in [0.25, 0.3) is 0 Å². The van der Waals surface area contributed by atoms with E-state index in [0.717, 1.165) is 23.9 Å². The molecule has 2 fully saturated rings. The van der Waals surface area contributed by atoms with E-state index in [0.29, 0.717) is 0 Å². The highest BCUT2D eigenvalue weighted by Crippen LogP contribution is 2.48. The highest BCUT2D eigenvalue weighted by atomic mass is 15.2. The summed E-state index contributed by atoms with van der Waals surface area (Å²) >= 11 is 0. The predicted octanol–water partition coefficient (Wildman–Crippen LogP) is 2.13. The molecule has 0 aromatic heterocycles. The molecule has 64 valence electrons. The van der Waals surface area contributed by atoms with Crippen molar-refractivity contribution in [3.63, 3.8) is 0 Å². The number of nitrogens with zero attached hydrogens (tertiary/aromatic N) is 1. The first-order valence-electron chi connectivity index (χ1n) is 4.96. The van der Waals surface area contributed by atoms with Gasteiger partial charge in [-0.15, -0.1) is 0 Å². The van der Waals surface area contributed by atoms with Crippen molar-refractivity contribution < 1.29 is 0 Å². The van der Waals surface area contributed by atoms with Crippen LogP contribution in [0.5, 0.6) is 0 Å². The van der Waals surface area contributed by atoms with E-state index in [9.17, 15) is 0 Å². The number of likely N-dealkylation sites (tertiary alicyclic amines) is 1. The molecule has 1 saturated carbocycles. The highest BCUT2D eigenvalue weighted by molar-refractivity contribution is 5.05. The molecule has 4 unspecified atom stereocenters. The zero-order valence-electron chi connectivity index (χ0n) is 7.88. The summed E-state index contributed by atoms with van der Waals surface area (Å²) in [5.41, 5.74) is 0. The van der Waals surface area contributed by atoms with Crippen LogP contribution in [-0.2, 0) is 0 Å². The Morgan fingerprint density at radius 2 is 2.18 bits per heavy atom. The maximum absolute atomic E-state index is 2.62. The normalized spacial score (nSPS) is 45.5. The van der Waals surface area contributed by atoms with Crippen molar-refractivity contribution in [1.82, 2.24) is 4.90 Å². The molecule has 1 aliphatic heterocycles. The first-order valence-corrected chi connectivity index (χ1v) is 4.96. The number of fused-ring (bicyclic) bond motifs is 1. The summed E-state index contributed by atoms with van der Waals surface area (Å²) in [4.78, 5) is 2.62. The molecule has 1 heteroatoms. The zero-order valence-corrected chi connectivity index (χ0v) is 7.88. The lowest BCUT2D eigenvalue weighted by molar-refractivity contribution is 0.201. The SMILES string of the molecule is CCC(C)C1CC2CC2N1C. The van der Waals surface area contributed by atoms with Gasteiger partial charge in [0.2, 0.25) is 0 Å².